The van der Waals surface area contributed by atoms with E-state index in [0.717, 1.165) is 16.3 Å². The summed E-state index contributed by atoms with van der Waals surface area (Å²) in [7, 11) is 0. The van der Waals surface area contributed by atoms with Gasteiger partial charge in [0, 0.05) is 17.5 Å². The van der Waals surface area contributed by atoms with E-state index < -0.39 is 6.10 Å². The third-order valence-corrected chi connectivity index (χ3v) is 3.57. The number of halogens is 1. The molecule has 1 aliphatic rings. The monoisotopic (exact) mass is 262 g/mol. The zero-order chi connectivity index (χ0) is 12.5. The van der Waals surface area contributed by atoms with Gasteiger partial charge in [-0.15, -0.1) is 0 Å². The normalized spacial score (nSPS) is 16.8. The number of benzene rings is 1. The minimum Gasteiger partial charge on any atom is -0.386 e. The van der Waals surface area contributed by atoms with E-state index in [0.29, 0.717) is 12.5 Å². The van der Waals surface area contributed by atoms with Crippen LogP contribution in [0.25, 0.3) is 0 Å². The second-order valence-electron chi connectivity index (χ2n) is 4.80. The third-order valence-electron chi connectivity index (χ3n) is 3.32. The fourth-order valence-corrected chi connectivity index (χ4v) is 2.31. The van der Waals surface area contributed by atoms with Crippen molar-refractivity contribution in [3.63, 3.8) is 0 Å². The molecule has 0 aliphatic heterocycles. The van der Waals surface area contributed by atoms with Crippen LogP contribution in [0.4, 0.5) is 0 Å². The van der Waals surface area contributed by atoms with E-state index >= 15 is 0 Å². The van der Waals surface area contributed by atoms with Crippen LogP contribution in [0.1, 0.15) is 36.2 Å². The molecule has 0 radical (unpaired) electrons. The van der Waals surface area contributed by atoms with Crippen LogP contribution in [0.3, 0.4) is 0 Å². The number of hydrogen-bond acceptors (Lipinski definition) is 2. The number of aliphatic hydroxyl groups excluding tert-OH is 1. The van der Waals surface area contributed by atoms with Crippen LogP contribution in [0.5, 0.6) is 0 Å². The predicted molar refractivity (Wildman–Crippen MR) is 70.6 cm³/mol. The summed E-state index contributed by atoms with van der Waals surface area (Å²) in [4.78, 5) is 4.14. The fraction of sp³-hybridized carbons (Fsp3) is 0.357. The molecule has 1 N–H and O–H groups in total. The second kappa shape index (κ2) is 4.75. The molecule has 1 fully saturated rings. The maximum atomic E-state index is 10.3. The molecule has 1 aliphatic carbocycles. The second-order valence-corrected chi connectivity index (χ2v) is 5.24. The Labute approximate surface area is 111 Å². The lowest BCUT2D eigenvalue weighted by atomic mass is 10.1. The van der Waals surface area contributed by atoms with Crippen molar-refractivity contribution < 1.29 is 5.11 Å². The van der Waals surface area contributed by atoms with Crippen molar-refractivity contribution in [2.45, 2.75) is 31.4 Å². The highest BCUT2D eigenvalue weighted by Gasteiger charge is 2.27. The van der Waals surface area contributed by atoms with Crippen LogP contribution in [0.15, 0.2) is 36.8 Å². The van der Waals surface area contributed by atoms with Gasteiger partial charge in [0.15, 0.2) is 0 Å². The van der Waals surface area contributed by atoms with Crippen LogP contribution in [0, 0.1) is 0 Å². The van der Waals surface area contributed by atoms with E-state index in [1.807, 2.05) is 30.6 Å². The van der Waals surface area contributed by atoms with E-state index in [1.165, 1.54) is 12.8 Å². The Bertz CT molecular complexity index is 531. The summed E-state index contributed by atoms with van der Waals surface area (Å²) in [6, 6.07) is 8.14. The summed E-state index contributed by atoms with van der Waals surface area (Å²) in [6.45, 7) is 0. The van der Waals surface area contributed by atoms with Gasteiger partial charge in [0.25, 0.3) is 0 Å². The molecule has 4 heteroatoms. The summed E-state index contributed by atoms with van der Waals surface area (Å²) in [5.41, 5.74) is 1.99. The molecule has 0 spiro atoms. The van der Waals surface area contributed by atoms with Gasteiger partial charge in [0.05, 0.1) is 24.3 Å². The number of aromatic nitrogens is 2. The molecular formula is C14H15ClN2O. The molecule has 1 heterocycles. The van der Waals surface area contributed by atoms with Gasteiger partial charge in [0.2, 0.25) is 0 Å². The van der Waals surface area contributed by atoms with Crippen LogP contribution in [-0.4, -0.2) is 14.7 Å². The number of hydrogen-bond donors (Lipinski definition) is 1. The minimum atomic E-state index is -0.505. The number of imidazole rings is 1. The van der Waals surface area contributed by atoms with Crippen LogP contribution in [-0.2, 0) is 6.42 Å². The van der Waals surface area contributed by atoms with Gasteiger partial charge < -0.3 is 9.67 Å². The smallest absolute Gasteiger partial charge is 0.0996 e. The number of rotatable bonds is 4. The quantitative estimate of drug-likeness (QED) is 0.919. The number of aliphatic hydroxyl groups is 1. The van der Waals surface area contributed by atoms with Gasteiger partial charge in [-0.3, -0.25) is 0 Å². The molecule has 1 atom stereocenters. The first kappa shape index (κ1) is 11.8. The molecule has 0 amide bonds. The van der Waals surface area contributed by atoms with Crippen molar-refractivity contribution >= 4 is 11.6 Å². The molecule has 2 aromatic rings. The highest BCUT2D eigenvalue weighted by atomic mass is 35.5. The first-order valence-electron chi connectivity index (χ1n) is 6.18. The summed E-state index contributed by atoms with van der Waals surface area (Å²) < 4.78 is 2.10. The van der Waals surface area contributed by atoms with Crippen molar-refractivity contribution in [2.24, 2.45) is 0 Å². The predicted octanol–water partition coefficient (Wildman–Crippen LogP) is 3.15. The SMILES string of the molecule is OC(Cc1ccc(Cl)cc1)c1cncn1C1CC1. The van der Waals surface area contributed by atoms with Gasteiger partial charge >= 0.3 is 0 Å². The van der Waals surface area contributed by atoms with Crippen molar-refractivity contribution in [1.29, 1.82) is 0 Å². The first-order chi connectivity index (χ1) is 8.74. The summed E-state index contributed by atoms with van der Waals surface area (Å²) in [6.07, 6.45) is 6.05. The Hall–Kier alpha value is -1.32. The largest absolute Gasteiger partial charge is 0.386 e. The molecule has 1 unspecified atom stereocenters. The summed E-state index contributed by atoms with van der Waals surface area (Å²) in [5.74, 6) is 0. The lowest BCUT2D eigenvalue weighted by molar-refractivity contribution is 0.168. The fourth-order valence-electron chi connectivity index (χ4n) is 2.18. The molecule has 94 valence electrons. The molecule has 0 saturated heterocycles. The molecule has 3 nitrogen and oxygen atoms in total. The molecule has 1 saturated carbocycles. The topological polar surface area (TPSA) is 38.1 Å². The van der Waals surface area contributed by atoms with E-state index in [2.05, 4.69) is 9.55 Å². The van der Waals surface area contributed by atoms with Gasteiger partial charge in [-0.25, -0.2) is 4.98 Å². The highest BCUT2D eigenvalue weighted by molar-refractivity contribution is 6.30. The van der Waals surface area contributed by atoms with E-state index in [9.17, 15) is 5.11 Å². The Morgan fingerprint density at radius 3 is 2.72 bits per heavy atom. The highest BCUT2D eigenvalue weighted by Crippen LogP contribution is 2.37. The van der Waals surface area contributed by atoms with E-state index in [1.54, 1.807) is 6.20 Å². The molecule has 3 rings (SSSR count). The van der Waals surface area contributed by atoms with E-state index in [-0.39, 0.29) is 0 Å². The summed E-state index contributed by atoms with van der Waals surface area (Å²) in [5, 5.41) is 11.0. The standard InChI is InChI=1S/C14H15ClN2O/c15-11-3-1-10(2-4-11)7-14(18)13-8-16-9-17(13)12-5-6-12/h1-4,8-9,12,14,18H,5-7H2. The zero-order valence-electron chi connectivity index (χ0n) is 9.96. The average molecular weight is 263 g/mol. The van der Waals surface area contributed by atoms with Crippen LogP contribution in [0.2, 0.25) is 5.02 Å². The van der Waals surface area contributed by atoms with Crippen molar-refractivity contribution in [3.8, 4) is 0 Å². The van der Waals surface area contributed by atoms with Gasteiger partial charge in [-0.2, -0.15) is 0 Å². The Morgan fingerprint density at radius 2 is 2.06 bits per heavy atom. The average Bonchev–Trinajstić information content (AvgIpc) is 3.09. The maximum Gasteiger partial charge on any atom is 0.0996 e. The van der Waals surface area contributed by atoms with Gasteiger partial charge in [-0.05, 0) is 30.5 Å². The number of nitrogens with zero attached hydrogens (tertiary/aromatic N) is 2. The zero-order valence-corrected chi connectivity index (χ0v) is 10.7. The van der Waals surface area contributed by atoms with Crippen LogP contribution < -0.4 is 0 Å². The Balaban J connectivity index is 1.75. The first-order valence-corrected chi connectivity index (χ1v) is 6.56. The summed E-state index contributed by atoms with van der Waals surface area (Å²) >= 11 is 5.85. The minimum absolute atomic E-state index is 0.505. The lowest BCUT2D eigenvalue weighted by Gasteiger charge is -2.13. The molecule has 18 heavy (non-hydrogen) atoms. The third kappa shape index (κ3) is 2.42. The molecule has 1 aromatic carbocycles. The van der Waals surface area contributed by atoms with Crippen molar-refractivity contribution in [2.75, 3.05) is 0 Å². The van der Waals surface area contributed by atoms with Crippen LogP contribution >= 0.6 is 11.6 Å². The molecule has 0 bridgehead atoms. The Kier molecular flexibility index (Phi) is 3.10. The Morgan fingerprint density at radius 1 is 1.33 bits per heavy atom. The van der Waals surface area contributed by atoms with E-state index in [4.69, 9.17) is 11.6 Å². The lowest BCUT2D eigenvalue weighted by Crippen LogP contribution is -2.08. The van der Waals surface area contributed by atoms with Gasteiger partial charge in [0.1, 0.15) is 0 Å². The molecule has 1 aromatic heterocycles. The maximum absolute atomic E-state index is 10.3. The molecular weight excluding hydrogens is 248 g/mol. The van der Waals surface area contributed by atoms with Crippen molar-refractivity contribution in [1.82, 2.24) is 9.55 Å². The van der Waals surface area contributed by atoms with Gasteiger partial charge in [-0.1, -0.05) is 23.7 Å². The van der Waals surface area contributed by atoms with Crippen molar-refractivity contribution in [3.05, 3.63) is 53.1 Å².